The number of nitrogen functional groups attached to an aromatic ring is 1. The van der Waals surface area contributed by atoms with Crippen LogP contribution < -0.4 is 10.5 Å². The highest BCUT2D eigenvalue weighted by Crippen LogP contribution is 2.24. The van der Waals surface area contributed by atoms with Crippen LogP contribution in [0.15, 0.2) is 36.4 Å². The fourth-order valence-electron chi connectivity index (χ4n) is 2.71. The van der Waals surface area contributed by atoms with Crippen LogP contribution in [0.3, 0.4) is 0 Å². The maximum absolute atomic E-state index is 8.29. The zero-order chi connectivity index (χ0) is 17.5. The molecule has 24 heavy (non-hydrogen) atoms. The number of pyridine rings is 1. The van der Waals surface area contributed by atoms with Crippen LogP contribution in [0.4, 0.5) is 5.82 Å². The second-order valence-corrected chi connectivity index (χ2v) is 5.40. The number of aromatic nitrogens is 1. The molecule has 3 N–H and O–H groups in total. The third-order valence-electron chi connectivity index (χ3n) is 3.99. The van der Waals surface area contributed by atoms with E-state index >= 15 is 0 Å². The number of amidine groups is 1. The first-order chi connectivity index (χ1) is 11.7. The summed E-state index contributed by atoms with van der Waals surface area (Å²) in [4.78, 5) is 6.52. The molecule has 1 aromatic carbocycles. The van der Waals surface area contributed by atoms with Crippen LogP contribution in [0.1, 0.15) is 32.3 Å². The zero-order valence-corrected chi connectivity index (χ0v) is 14.7. The number of nitrogens with zero attached hydrogens (tertiary/aromatic N) is 2. The fourth-order valence-corrected chi connectivity index (χ4v) is 2.71. The van der Waals surface area contributed by atoms with E-state index in [0.717, 1.165) is 42.9 Å². The van der Waals surface area contributed by atoms with Gasteiger partial charge in [0.1, 0.15) is 17.4 Å². The molecular formula is C19H26N4O. The van der Waals surface area contributed by atoms with Gasteiger partial charge in [-0.15, -0.1) is 0 Å². The molecule has 0 saturated carbocycles. The van der Waals surface area contributed by atoms with E-state index < -0.39 is 0 Å². The number of ether oxygens (including phenoxy) is 1. The number of hydrogen-bond donors (Lipinski definition) is 2. The van der Waals surface area contributed by atoms with Gasteiger partial charge in [0.15, 0.2) is 0 Å². The van der Waals surface area contributed by atoms with E-state index in [1.807, 2.05) is 50.2 Å². The highest BCUT2D eigenvalue weighted by molar-refractivity contribution is 6.00. The van der Waals surface area contributed by atoms with Gasteiger partial charge >= 0.3 is 0 Å². The Bertz CT molecular complexity index is 676. The van der Waals surface area contributed by atoms with Gasteiger partial charge < -0.3 is 15.4 Å². The predicted molar refractivity (Wildman–Crippen MR) is 99.6 cm³/mol. The van der Waals surface area contributed by atoms with Crippen LogP contribution in [-0.2, 0) is 0 Å². The number of nitrogens with two attached hydrogens (primary N) is 1. The molecule has 0 aliphatic carbocycles. The molecule has 5 heteroatoms. The first kappa shape index (κ1) is 17.8. The van der Waals surface area contributed by atoms with Gasteiger partial charge in [-0.05, 0) is 49.2 Å². The van der Waals surface area contributed by atoms with Gasteiger partial charge in [0.05, 0.1) is 18.4 Å². The van der Waals surface area contributed by atoms with E-state index in [1.54, 1.807) is 7.11 Å². The van der Waals surface area contributed by atoms with E-state index in [1.165, 1.54) is 0 Å². The number of benzene rings is 1. The van der Waals surface area contributed by atoms with Gasteiger partial charge in [-0.1, -0.05) is 13.8 Å². The number of likely N-dealkylation sites (tertiary alicyclic amines) is 1. The summed E-state index contributed by atoms with van der Waals surface area (Å²) >= 11 is 0. The van der Waals surface area contributed by atoms with Crippen molar-refractivity contribution >= 4 is 11.7 Å². The molecule has 1 fully saturated rings. The molecule has 1 aromatic heterocycles. The normalized spacial score (nSPS) is 13.2. The minimum Gasteiger partial charge on any atom is -0.497 e. The van der Waals surface area contributed by atoms with E-state index in [0.29, 0.717) is 17.2 Å². The van der Waals surface area contributed by atoms with E-state index in [4.69, 9.17) is 15.9 Å². The molecule has 3 rings (SSSR count). The van der Waals surface area contributed by atoms with Crippen LogP contribution >= 0.6 is 0 Å². The lowest BCUT2D eigenvalue weighted by atomic mass is 10.1. The van der Waals surface area contributed by atoms with Crippen LogP contribution in [0.2, 0.25) is 0 Å². The number of rotatable bonds is 3. The molecule has 0 atom stereocenters. The Kier molecular flexibility index (Phi) is 6.18. The number of anilines is 1. The van der Waals surface area contributed by atoms with Crippen LogP contribution in [0.5, 0.6) is 5.75 Å². The Balaban J connectivity index is 0.00000100. The van der Waals surface area contributed by atoms with Gasteiger partial charge in [-0.3, -0.25) is 5.41 Å². The average molecular weight is 326 g/mol. The predicted octanol–water partition coefficient (Wildman–Crippen LogP) is 3.79. The van der Waals surface area contributed by atoms with Gasteiger partial charge in [0.2, 0.25) is 0 Å². The smallest absolute Gasteiger partial charge is 0.135 e. The molecule has 0 radical (unpaired) electrons. The van der Waals surface area contributed by atoms with Crippen molar-refractivity contribution in [3.63, 3.8) is 0 Å². The lowest BCUT2D eigenvalue weighted by molar-refractivity contribution is 0.415. The molecule has 128 valence electrons. The van der Waals surface area contributed by atoms with Crippen molar-refractivity contribution < 1.29 is 4.74 Å². The Morgan fingerprint density at radius 3 is 2.25 bits per heavy atom. The third kappa shape index (κ3) is 3.85. The summed E-state index contributed by atoms with van der Waals surface area (Å²) in [5, 5.41) is 8.29. The molecule has 1 aliphatic heterocycles. The van der Waals surface area contributed by atoms with Crippen molar-refractivity contribution in [1.29, 1.82) is 5.41 Å². The Hall–Kier alpha value is -2.56. The molecule has 0 spiro atoms. The molecule has 0 unspecified atom stereocenters. The highest BCUT2D eigenvalue weighted by Gasteiger charge is 2.18. The van der Waals surface area contributed by atoms with Crippen molar-refractivity contribution in [2.24, 2.45) is 0 Å². The summed E-state index contributed by atoms with van der Waals surface area (Å²) < 4.78 is 5.16. The topological polar surface area (TPSA) is 75.2 Å². The second kappa shape index (κ2) is 8.34. The summed E-state index contributed by atoms with van der Waals surface area (Å²) in [6, 6.07) is 11.5. The van der Waals surface area contributed by atoms with E-state index in [9.17, 15) is 0 Å². The lowest BCUT2D eigenvalue weighted by Gasteiger charge is -2.19. The minimum absolute atomic E-state index is 0.408. The first-order valence-corrected chi connectivity index (χ1v) is 8.44. The Labute approximate surface area is 144 Å². The minimum atomic E-state index is 0.408. The van der Waals surface area contributed by atoms with E-state index in [-0.39, 0.29) is 0 Å². The molecular weight excluding hydrogens is 300 g/mol. The Morgan fingerprint density at radius 2 is 1.71 bits per heavy atom. The van der Waals surface area contributed by atoms with Crippen LogP contribution in [0, 0.1) is 5.41 Å². The highest BCUT2D eigenvalue weighted by atomic mass is 16.5. The maximum atomic E-state index is 8.29. The van der Waals surface area contributed by atoms with E-state index in [2.05, 4.69) is 9.88 Å². The van der Waals surface area contributed by atoms with Crippen molar-refractivity contribution in [3.8, 4) is 17.0 Å². The zero-order valence-electron chi connectivity index (χ0n) is 14.7. The molecule has 0 amide bonds. The molecule has 0 bridgehead atoms. The lowest BCUT2D eigenvalue weighted by Crippen LogP contribution is -2.28. The third-order valence-corrected chi connectivity index (χ3v) is 3.99. The van der Waals surface area contributed by atoms with Crippen LogP contribution in [-0.4, -0.2) is 35.9 Å². The van der Waals surface area contributed by atoms with Crippen molar-refractivity contribution in [1.82, 2.24) is 9.88 Å². The van der Waals surface area contributed by atoms with Gasteiger partial charge in [0.25, 0.3) is 0 Å². The van der Waals surface area contributed by atoms with Crippen molar-refractivity contribution in [2.45, 2.75) is 26.7 Å². The maximum Gasteiger partial charge on any atom is 0.135 e. The molecule has 5 nitrogen and oxygen atoms in total. The van der Waals surface area contributed by atoms with Crippen molar-refractivity contribution in [2.75, 3.05) is 25.9 Å². The molecule has 1 aliphatic rings. The number of methoxy groups -OCH3 is 1. The summed E-state index contributed by atoms with van der Waals surface area (Å²) in [5.41, 5.74) is 8.57. The monoisotopic (exact) mass is 326 g/mol. The fraction of sp³-hybridized carbons (Fsp3) is 0.368. The quantitative estimate of drug-likeness (QED) is 0.665. The molecule has 2 heterocycles. The summed E-state index contributed by atoms with van der Waals surface area (Å²) in [7, 11) is 1.64. The largest absolute Gasteiger partial charge is 0.497 e. The van der Waals surface area contributed by atoms with Crippen molar-refractivity contribution in [3.05, 3.63) is 42.0 Å². The van der Waals surface area contributed by atoms with Gasteiger partial charge in [-0.25, -0.2) is 4.98 Å². The second-order valence-electron chi connectivity index (χ2n) is 5.40. The number of hydrogen-bond acceptors (Lipinski definition) is 4. The summed E-state index contributed by atoms with van der Waals surface area (Å²) in [5.74, 6) is 1.69. The standard InChI is InChI=1S/C17H20N4O.C2H6/c1-22-13-6-4-12(5-7-13)15-9-8-14(16(18)20-15)17(19)21-10-2-3-11-21;1-2/h4-9,19H,2-3,10-11H2,1H3,(H2,18,20);1-2H3. The molecule has 2 aromatic rings. The first-order valence-electron chi connectivity index (χ1n) is 8.44. The summed E-state index contributed by atoms with van der Waals surface area (Å²) in [6.45, 7) is 5.86. The average Bonchev–Trinajstić information content (AvgIpc) is 3.17. The SMILES string of the molecule is CC.COc1ccc(-c2ccc(C(=N)N3CCCC3)c(N)n2)cc1. The Morgan fingerprint density at radius 1 is 1.08 bits per heavy atom. The molecule has 1 saturated heterocycles. The van der Waals surface area contributed by atoms with Gasteiger partial charge in [-0.2, -0.15) is 0 Å². The summed E-state index contributed by atoms with van der Waals surface area (Å²) in [6.07, 6.45) is 2.28. The number of nitrogens with one attached hydrogen (secondary N) is 1. The van der Waals surface area contributed by atoms with Crippen LogP contribution in [0.25, 0.3) is 11.3 Å². The van der Waals surface area contributed by atoms with Gasteiger partial charge in [0, 0.05) is 18.7 Å².